The van der Waals surface area contributed by atoms with Gasteiger partial charge in [-0.15, -0.1) is 0 Å². The fourth-order valence-corrected chi connectivity index (χ4v) is 4.81. The van der Waals surface area contributed by atoms with Crippen LogP contribution in [-0.4, -0.2) is 92.0 Å². The van der Waals surface area contributed by atoms with Crippen LogP contribution < -0.4 is 15.5 Å². The summed E-state index contributed by atoms with van der Waals surface area (Å²) in [5.41, 5.74) is 1.91. The molecule has 0 unspecified atom stereocenters. The van der Waals surface area contributed by atoms with Crippen LogP contribution in [0.1, 0.15) is 23.7 Å². The normalized spacial score (nSPS) is 18.1. The van der Waals surface area contributed by atoms with Crippen molar-refractivity contribution < 1.29 is 23.9 Å². The van der Waals surface area contributed by atoms with E-state index in [0.717, 1.165) is 18.8 Å². The number of piperazine rings is 2. The standard InChI is InChI=1S/C27H32ClN5O5/c1-2-38-27(37)19-6-8-21(9-7-19)30-24(34)17-23-26(36)29-10-11-33(23)25(35)18-31-12-14-32(15-13-31)22-5-3-4-20(28)16-22/h3-9,16,23H,2,10-15,17-18H2,1H3,(H,29,36)(H,30,34)/t23-/m0/s1. The van der Waals surface area contributed by atoms with Crippen molar-refractivity contribution in [1.29, 1.82) is 0 Å². The maximum Gasteiger partial charge on any atom is 0.338 e. The van der Waals surface area contributed by atoms with E-state index in [2.05, 4.69) is 20.4 Å². The van der Waals surface area contributed by atoms with Crippen LogP contribution in [0.25, 0.3) is 0 Å². The van der Waals surface area contributed by atoms with Gasteiger partial charge in [0, 0.05) is 55.7 Å². The first-order valence-corrected chi connectivity index (χ1v) is 13.1. The Kier molecular flexibility index (Phi) is 9.19. The quantitative estimate of drug-likeness (QED) is 0.492. The zero-order valence-corrected chi connectivity index (χ0v) is 22.1. The van der Waals surface area contributed by atoms with E-state index in [1.54, 1.807) is 31.2 Å². The molecule has 202 valence electrons. The minimum atomic E-state index is -0.886. The van der Waals surface area contributed by atoms with Crippen molar-refractivity contribution in [3.8, 4) is 0 Å². The second-order valence-electron chi connectivity index (χ2n) is 9.19. The van der Waals surface area contributed by atoms with E-state index in [-0.39, 0.29) is 31.4 Å². The second kappa shape index (κ2) is 12.7. The van der Waals surface area contributed by atoms with Gasteiger partial charge < -0.3 is 25.2 Å². The van der Waals surface area contributed by atoms with Gasteiger partial charge in [-0.3, -0.25) is 19.3 Å². The minimum absolute atomic E-state index is 0.167. The van der Waals surface area contributed by atoms with E-state index in [0.29, 0.717) is 42.5 Å². The molecule has 38 heavy (non-hydrogen) atoms. The summed E-state index contributed by atoms with van der Waals surface area (Å²) >= 11 is 6.12. The van der Waals surface area contributed by atoms with Gasteiger partial charge in [-0.1, -0.05) is 17.7 Å². The Balaban J connectivity index is 1.31. The molecule has 2 fully saturated rings. The molecule has 2 aromatic rings. The van der Waals surface area contributed by atoms with Crippen molar-refractivity contribution in [2.24, 2.45) is 0 Å². The second-order valence-corrected chi connectivity index (χ2v) is 9.62. The molecule has 0 aliphatic carbocycles. The first-order valence-electron chi connectivity index (χ1n) is 12.7. The first-order chi connectivity index (χ1) is 18.3. The van der Waals surface area contributed by atoms with Crippen molar-refractivity contribution in [1.82, 2.24) is 15.1 Å². The zero-order chi connectivity index (χ0) is 27.1. The van der Waals surface area contributed by atoms with Gasteiger partial charge in [0.15, 0.2) is 0 Å². The van der Waals surface area contributed by atoms with Gasteiger partial charge in [0.25, 0.3) is 0 Å². The number of carbonyl (C=O) groups is 4. The number of nitrogens with one attached hydrogen (secondary N) is 2. The van der Waals surface area contributed by atoms with E-state index < -0.39 is 17.9 Å². The average Bonchev–Trinajstić information content (AvgIpc) is 2.91. The molecule has 10 nitrogen and oxygen atoms in total. The number of esters is 1. The predicted octanol–water partition coefficient (Wildman–Crippen LogP) is 1.99. The largest absolute Gasteiger partial charge is 0.462 e. The predicted molar refractivity (Wildman–Crippen MR) is 144 cm³/mol. The monoisotopic (exact) mass is 541 g/mol. The number of hydrogen-bond donors (Lipinski definition) is 2. The number of rotatable bonds is 8. The summed E-state index contributed by atoms with van der Waals surface area (Å²) in [5.74, 6) is -1.36. The number of anilines is 2. The summed E-state index contributed by atoms with van der Waals surface area (Å²) in [4.78, 5) is 56.2. The molecule has 2 saturated heterocycles. The molecule has 0 saturated carbocycles. The molecule has 2 aliphatic rings. The molecule has 4 rings (SSSR count). The SMILES string of the molecule is CCOC(=O)c1ccc(NC(=O)C[C@H]2C(=O)NCCN2C(=O)CN2CCN(c3cccc(Cl)c3)CC2)cc1. The van der Waals surface area contributed by atoms with Crippen molar-refractivity contribution >= 4 is 46.7 Å². The lowest BCUT2D eigenvalue weighted by Crippen LogP contribution is -2.60. The molecule has 11 heteroatoms. The minimum Gasteiger partial charge on any atom is -0.462 e. The number of nitrogens with zero attached hydrogens (tertiary/aromatic N) is 3. The number of halogens is 1. The van der Waals surface area contributed by atoms with E-state index in [1.165, 1.54) is 4.90 Å². The van der Waals surface area contributed by atoms with Crippen LogP contribution >= 0.6 is 11.6 Å². The van der Waals surface area contributed by atoms with Crippen LogP contribution in [0.3, 0.4) is 0 Å². The number of amides is 3. The smallest absolute Gasteiger partial charge is 0.338 e. The summed E-state index contributed by atoms with van der Waals surface area (Å²) < 4.78 is 4.96. The summed E-state index contributed by atoms with van der Waals surface area (Å²) in [6.45, 7) is 5.80. The van der Waals surface area contributed by atoms with Gasteiger partial charge in [0.1, 0.15) is 6.04 Å². The molecule has 1 atom stereocenters. The highest BCUT2D eigenvalue weighted by Gasteiger charge is 2.35. The molecular weight excluding hydrogens is 510 g/mol. The maximum atomic E-state index is 13.2. The Morgan fingerprint density at radius 1 is 1.05 bits per heavy atom. The van der Waals surface area contributed by atoms with Crippen LogP contribution in [0.5, 0.6) is 0 Å². The van der Waals surface area contributed by atoms with Crippen LogP contribution in [0.15, 0.2) is 48.5 Å². The topological polar surface area (TPSA) is 111 Å². The number of benzene rings is 2. The Bertz CT molecular complexity index is 1170. The van der Waals surface area contributed by atoms with Gasteiger partial charge >= 0.3 is 5.97 Å². The van der Waals surface area contributed by atoms with E-state index in [1.807, 2.05) is 24.3 Å². The Morgan fingerprint density at radius 2 is 1.79 bits per heavy atom. The highest BCUT2D eigenvalue weighted by atomic mass is 35.5. The molecule has 3 amide bonds. The molecule has 0 bridgehead atoms. The van der Waals surface area contributed by atoms with Crippen molar-refractivity contribution in [3.63, 3.8) is 0 Å². The fraction of sp³-hybridized carbons (Fsp3) is 0.407. The molecule has 2 aliphatic heterocycles. The fourth-order valence-electron chi connectivity index (χ4n) is 4.63. The highest BCUT2D eigenvalue weighted by Crippen LogP contribution is 2.21. The van der Waals surface area contributed by atoms with Gasteiger partial charge in [0.05, 0.1) is 25.1 Å². The Labute approximate surface area is 226 Å². The maximum absolute atomic E-state index is 13.2. The Hall–Kier alpha value is -3.63. The molecule has 2 aromatic carbocycles. The lowest BCUT2D eigenvalue weighted by molar-refractivity contribution is -0.145. The van der Waals surface area contributed by atoms with Crippen LogP contribution in [0, 0.1) is 0 Å². The molecule has 0 radical (unpaired) electrons. The van der Waals surface area contributed by atoms with Crippen molar-refractivity contribution in [2.75, 3.05) is 62.6 Å². The van der Waals surface area contributed by atoms with Crippen molar-refractivity contribution in [2.45, 2.75) is 19.4 Å². The van der Waals surface area contributed by atoms with Crippen LogP contribution in [0.2, 0.25) is 5.02 Å². The summed E-state index contributed by atoms with van der Waals surface area (Å²) in [7, 11) is 0. The number of hydrogen-bond acceptors (Lipinski definition) is 7. The molecule has 0 aromatic heterocycles. The zero-order valence-electron chi connectivity index (χ0n) is 21.3. The third-order valence-corrected chi connectivity index (χ3v) is 6.85. The molecule has 0 spiro atoms. The third-order valence-electron chi connectivity index (χ3n) is 6.61. The van der Waals surface area contributed by atoms with E-state index in [9.17, 15) is 19.2 Å². The van der Waals surface area contributed by atoms with E-state index >= 15 is 0 Å². The summed E-state index contributed by atoms with van der Waals surface area (Å²) in [5, 5.41) is 6.18. The van der Waals surface area contributed by atoms with Crippen LogP contribution in [0.4, 0.5) is 11.4 Å². The highest BCUT2D eigenvalue weighted by molar-refractivity contribution is 6.30. The van der Waals surface area contributed by atoms with Crippen molar-refractivity contribution in [3.05, 3.63) is 59.1 Å². The average molecular weight is 542 g/mol. The molecular formula is C27H32ClN5O5. The number of carbonyl (C=O) groups excluding carboxylic acids is 4. The molecule has 2 heterocycles. The van der Waals surface area contributed by atoms with Gasteiger partial charge in [-0.05, 0) is 49.4 Å². The summed E-state index contributed by atoms with van der Waals surface area (Å²) in [6, 6.07) is 13.1. The lowest BCUT2D eigenvalue weighted by Gasteiger charge is -2.39. The molecule has 2 N–H and O–H groups in total. The van der Waals surface area contributed by atoms with Crippen LogP contribution in [-0.2, 0) is 19.1 Å². The van der Waals surface area contributed by atoms with E-state index in [4.69, 9.17) is 16.3 Å². The lowest BCUT2D eigenvalue weighted by atomic mass is 10.1. The van der Waals surface area contributed by atoms with Gasteiger partial charge in [-0.25, -0.2) is 4.79 Å². The first kappa shape index (κ1) is 27.4. The summed E-state index contributed by atoms with van der Waals surface area (Å²) in [6.07, 6.45) is -0.167. The van der Waals surface area contributed by atoms with Gasteiger partial charge in [-0.2, -0.15) is 0 Å². The Morgan fingerprint density at radius 3 is 2.47 bits per heavy atom. The third kappa shape index (κ3) is 7.02. The van der Waals surface area contributed by atoms with Gasteiger partial charge in [0.2, 0.25) is 17.7 Å². The number of ether oxygens (including phenoxy) is 1.